The van der Waals surface area contributed by atoms with Gasteiger partial charge in [0.1, 0.15) is 18.2 Å². The predicted molar refractivity (Wildman–Crippen MR) is 70.6 cm³/mol. The molecule has 0 aliphatic rings. The van der Waals surface area contributed by atoms with Crippen molar-refractivity contribution in [2.24, 2.45) is 16.8 Å². The molecule has 1 aromatic carbocycles. The largest absolute Gasteiger partial charge is 0.435 e. The van der Waals surface area contributed by atoms with Gasteiger partial charge in [-0.3, -0.25) is 0 Å². The van der Waals surface area contributed by atoms with Crippen LogP contribution >= 0.6 is 0 Å². The fourth-order valence-electron chi connectivity index (χ4n) is 1.52. The zero-order valence-corrected chi connectivity index (χ0v) is 11.1. The number of oxime groups is 1. The van der Waals surface area contributed by atoms with Gasteiger partial charge in [-0.05, 0) is 24.1 Å². The van der Waals surface area contributed by atoms with E-state index in [1.54, 1.807) is 12.1 Å². The standard InChI is InChI=1S/C13H18F2N2O3/c1-9(12(16)17-19-7-6-18)8-10-2-4-11(5-3-10)20-13(14)15/h2-5,9,13,18H,6-8H2,1H3,(H2,16,17)/t9-/m0/s1. The Balaban J connectivity index is 2.53. The first-order valence-corrected chi connectivity index (χ1v) is 6.13. The maximum absolute atomic E-state index is 12.0. The van der Waals surface area contributed by atoms with E-state index >= 15 is 0 Å². The van der Waals surface area contributed by atoms with E-state index < -0.39 is 6.61 Å². The zero-order valence-electron chi connectivity index (χ0n) is 11.1. The first-order chi connectivity index (χ1) is 9.52. The number of halogens is 2. The van der Waals surface area contributed by atoms with Gasteiger partial charge in [0.05, 0.1) is 6.61 Å². The van der Waals surface area contributed by atoms with Gasteiger partial charge in [-0.15, -0.1) is 0 Å². The number of hydrogen-bond acceptors (Lipinski definition) is 4. The third-order valence-corrected chi connectivity index (χ3v) is 2.55. The number of benzene rings is 1. The van der Waals surface area contributed by atoms with E-state index in [4.69, 9.17) is 15.7 Å². The summed E-state index contributed by atoms with van der Waals surface area (Å²) in [4.78, 5) is 4.78. The van der Waals surface area contributed by atoms with Crippen LogP contribution in [-0.2, 0) is 11.3 Å². The van der Waals surface area contributed by atoms with Crippen LogP contribution < -0.4 is 10.5 Å². The highest BCUT2D eigenvalue weighted by Gasteiger charge is 2.10. The first kappa shape index (κ1) is 16.2. The smallest absolute Gasteiger partial charge is 0.387 e. The molecule has 0 radical (unpaired) electrons. The highest BCUT2D eigenvalue weighted by molar-refractivity contribution is 5.82. The van der Waals surface area contributed by atoms with Gasteiger partial charge in [-0.25, -0.2) is 0 Å². The van der Waals surface area contributed by atoms with Crippen molar-refractivity contribution >= 4 is 5.84 Å². The molecule has 0 fully saturated rings. The minimum Gasteiger partial charge on any atom is -0.435 e. The molecule has 0 spiro atoms. The molecule has 20 heavy (non-hydrogen) atoms. The predicted octanol–water partition coefficient (Wildman–Crippen LogP) is 1.75. The van der Waals surface area contributed by atoms with E-state index in [9.17, 15) is 8.78 Å². The molecule has 1 rings (SSSR count). The van der Waals surface area contributed by atoms with E-state index in [1.165, 1.54) is 12.1 Å². The van der Waals surface area contributed by atoms with Gasteiger partial charge < -0.3 is 20.4 Å². The lowest BCUT2D eigenvalue weighted by atomic mass is 10.0. The number of aliphatic hydroxyl groups is 1. The molecule has 0 bridgehead atoms. The van der Waals surface area contributed by atoms with Gasteiger partial charge in [0, 0.05) is 5.92 Å². The van der Waals surface area contributed by atoms with E-state index in [0.29, 0.717) is 12.3 Å². The fraction of sp³-hybridized carbons (Fsp3) is 0.462. The minimum absolute atomic E-state index is 0.0736. The Morgan fingerprint density at radius 2 is 2.00 bits per heavy atom. The lowest BCUT2D eigenvalue weighted by Gasteiger charge is -2.11. The van der Waals surface area contributed by atoms with E-state index in [0.717, 1.165) is 5.56 Å². The maximum atomic E-state index is 12.0. The molecule has 7 heteroatoms. The van der Waals surface area contributed by atoms with E-state index in [1.807, 2.05) is 6.92 Å². The second-order valence-corrected chi connectivity index (χ2v) is 4.20. The molecule has 112 valence electrons. The number of nitrogens with zero attached hydrogens (tertiary/aromatic N) is 1. The molecule has 0 aromatic heterocycles. The number of ether oxygens (including phenoxy) is 1. The van der Waals surface area contributed by atoms with Crippen LogP contribution in [-0.4, -0.2) is 30.8 Å². The summed E-state index contributed by atoms with van der Waals surface area (Å²) >= 11 is 0. The van der Waals surface area contributed by atoms with E-state index in [2.05, 4.69) is 9.89 Å². The number of aliphatic hydroxyl groups excluding tert-OH is 1. The summed E-state index contributed by atoms with van der Waals surface area (Å²) in [5.74, 6) is 0.353. The van der Waals surface area contributed by atoms with Crippen molar-refractivity contribution < 1.29 is 23.5 Å². The summed E-state index contributed by atoms with van der Waals surface area (Å²) < 4.78 is 28.3. The quantitative estimate of drug-likeness (QED) is 0.331. The Morgan fingerprint density at radius 3 is 2.55 bits per heavy atom. The summed E-state index contributed by atoms with van der Waals surface area (Å²) in [7, 11) is 0. The monoisotopic (exact) mass is 288 g/mol. The van der Waals surface area contributed by atoms with Crippen LogP contribution in [0, 0.1) is 5.92 Å². The van der Waals surface area contributed by atoms with Crippen molar-refractivity contribution in [2.45, 2.75) is 20.0 Å². The Bertz CT molecular complexity index is 424. The van der Waals surface area contributed by atoms with Crippen molar-refractivity contribution in [1.29, 1.82) is 0 Å². The van der Waals surface area contributed by atoms with Gasteiger partial charge in [0.15, 0.2) is 0 Å². The topological polar surface area (TPSA) is 77.1 Å². The SMILES string of the molecule is C[C@@H](Cc1ccc(OC(F)F)cc1)/C(N)=N/OCCO. The second-order valence-electron chi connectivity index (χ2n) is 4.20. The molecule has 0 unspecified atom stereocenters. The fourth-order valence-corrected chi connectivity index (χ4v) is 1.52. The Kier molecular flexibility index (Phi) is 6.72. The van der Waals surface area contributed by atoms with Crippen LogP contribution in [0.15, 0.2) is 29.4 Å². The van der Waals surface area contributed by atoms with Crippen molar-refractivity contribution in [1.82, 2.24) is 0 Å². The van der Waals surface area contributed by atoms with Gasteiger partial charge in [-0.2, -0.15) is 8.78 Å². The van der Waals surface area contributed by atoms with Crippen molar-refractivity contribution in [3.05, 3.63) is 29.8 Å². The molecular formula is C13H18F2N2O3. The first-order valence-electron chi connectivity index (χ1n) is 6.13. The van der Waals surface area contributed by atoms with Crippen molar-refractivity contribution in [3.8, 4) is 5.75 Å². The molecule has 1 atom stereocenters. The Hall–Kier alpha value is -1.89. The molecule has 1 aromatic rings. The Morgan fingerprint density at radius 1 is 1.35 bits per heavy atom. The summed E-state index contributed by atoms with van der Waals surface area (Å²) in [6.45, 7) is -1.000. The lowest BCUT2D eigenvalue weighted by Crippen LogP contribution is -2.23. The molecule has 0 saturated carbocycles. The average molecular weight is 288 g/mol. The zero-order chi connectivity index (χ0) is 15.0. The molecule has 0 aliphatic carbocycles. The number of nitrogens with two attached hydrogens (primary N) is 1. The molecule has 5 nitrogen and oxygen atoms in total. The van der Waals surface area contributed by atoms with E-state index in [-0.39, 0.29) is 24.9 Å². The molecule has 0 heterocycles. The van der Waals surface area contributed by atoms with Gasteiger partial charge in [-0.1, -0.05) is 24.2 Å². The maximum Gasteiger partial charge on any atom is 0.387 e. The van der Waals surface area contributed by atoms with Gasteiger partial charge in [0.25, 0.3) is 0 Å². The third-order valence-electron chi connectivity index (χ3n) is 2.55. The van der Waals surface area contributed by atoms with Gasteiger partial charge >= 0.3 is 6.61 Å². The lowest BCUT2D eigenvalue weighted by molar-refractivity contribution is -0.0498. The summed E-state index contributed by atoms with van der Waals surface area (Å²) in [6, 6.07) is 6.33. The number of alkyl halides is 2. The van der Waals surface area contributed by atoms with Crippen LogP contribution in [0.4, 0.5) is 8.78 Å². The normalized spacial score (nSPS) is 13.3. The molecule has 0 aliphatic heterocycles. The van der Waals surface area contributed by atoms with Crippen LogP contribution in [0.25, 0.3) is 0 Å². The average Bonchev–Trinajstić information content (AvgIpc) is 2.40. The van der Waals surface area contributed by atoms with Crippen molar-refractivity contribution in [3.63, 3.8) is 0 Å². The second kappa shape index (κ2) is 8.31. The van der Waals surface area contributed by atoms with Crippen LogP contribution in [0.5, 0.6) is 5.75 Å². The number of amidine groups is 1. The molecule has 0 saturated heterocycles. The van der Waals surface area contributed by atoms with Crippen LogP contribution in [0.1, 0.15) is 12.5 Å². The molecule has 3 N–H and O–H groups in total. The minimum atomic E-state index is -2.83. The number of rotatable bonds is 8. The summed E-state index contributed by atoms with van der Waals surface area (Å²) in [5, 5.41) is 12.2. The molecular weight excluding hydrogens is 270 g/mol. The highest BCUT2D eigenvalue weighted by Crippen LogP contribution is 2.17. The summed E-state index contributed by atoms with van der Waals surface area (Å²) in [6.07, 6.45) is 0.590. The van der Waals surface area contributed by atoms with Crippen LogP contribution in [0.3, 0.4) is 0 Å². The Labute approximate surface area is 116 Å². The highest BCUT2D eigenvalue weighted by atomic mass is 19.3. The van der Waals surface area contributed by atoms with Crippen LogP contribution in [0.2, 0.25) is 0 Å². The summed E-state index contributed by atoms with van der Waals surface area (Å²) in [5.41, 5.74) is 6.64. The van der Waals surface area contributed by atoms with Gasteiger partial charge in [0.2, 0.25) is 0 Å². The van der Waals surface area contributed by atoms with Crippen molar-refractivity contribution in [2.75, 3.05) is 13.2 Å². The molecule has 0 amide bonds. The number of hydrogen-bond donors (Lipinski definition) is 2. The third kappa shape index (κ3) is 5.83.